The van der Waals surface area contributed by atoms with Gasteiger partial charge in [-0.1, -0.05) is 0 Å². The quantitative estimate of drug-likeness (QED) is 0.316. The van der Waals surface area contributed by atoms with Crippen molar-refractivity contribution in [3.05, 3.63) is 0 Å². The molecule has 2 atom stereocenters. The number of amides is 2. The highest BCUT2D eigenvalue weighted by Gasteiger charge is 2.21. The Kier molecular flexibility index (Phi) is 9.13. The minimum absolute atomic E-state index is 0.259. The number of hydrogen-bond donors (Lipinski definition) is 5. The van der Waals surface area contributed by atoms with Crippen molar-refractivity contribution in [2.75, 3.05) is 18.6 Å². The van der Waals surface area contributed by atoms with Crippen LogP contribution < -0.4 is 16.4 Å². The molecule has 0 aliphatic heterocycles. The van der Waals surface area contributed by atoms with E-state index < -0.39 is 48.8 Å². The van der Waals surface area contributed by atoms with E-state index in [0.717, 1.165) is 0 Å². The van der Waals surface area contributed by atoms with E-state index in [2.05, 4.69) is 10.6 Å². The van der Waals surface area contributed by atoms with Crippen LogP contribution in [0.25, 0.3) is 0 Å². The molecule has 2 unspecified atom stereocenters. The van der Waals surface area contributed by atoms with Gasteiger partial charge in [-0.15, -0.1) is 0 Å². The van der Waals surface area contributed by atoms with Crippen molar-refractivity contribution in [3.63, 3.8) is 0 Å². The third-order valence-electron chi connectivity index (χ3n) is 2.40. The van der Waals surface area contributed by atoms with Crippen LogP contribution in [0.5, 0.6) is 0 Å². The molecule has 0 aliphatic carbocycles. The van der Waals surface area contributed by atoms with E-state index in [1.807, 2.05) is 6.26 Å². The summed E-state index contributed by atoms with van der Waals surface area (Å²) in [7, 11) is 0. The SMILES string of the molecule is CSCCC(NC(=O)CNC(=O)C(N)CC(=O)O)C(=O)O. The topological polar surface area (TPSA) is 159 Å². The molecule has 0 aliphatic rings. The van der Waals surface area contributed by atoms with Gasteiger partial charge in [-0.25, -0.2) is 4.79 Å². The van der Waals surface area contributed by atoms with Gasteiger partial charge in [-0.05, 0) is 18.4 Å². The molecular formula is C11H19N3O6S. The second kappa shape index (κ2) is 10.00. The molecule has 0 aromatic carbocycles. The zero-order chi connectivity index (χ0) is 16.4. The van der Waals surface area contributed by atoms with Crippen LogP contribution in [0.15, 0.2) is 0 Å². The molecule has 2 amide bonds. The maximum atomic E-state index is 11.5. The van der Waals surface area contributed by atoms with Gasteiger partial charge < -0.3 is 26.6 Å². The molecule has 0 heterocycles. The van der Waals surface area contributed by atoms with Crippen LogP contribution in [0.1, 0.15) is 12.8 Å². The average Bonchev–Trinajstić information content (AvgIpc) is 2.39. The van der Waals surface area contributed by atoms with Crippen molar-refractivity contribution >= 4 is 35.5 Å². The summed E-state index contributed by atoms with van der Waals surface area (Å²) in [5.41, 5.74) is 5.30. The third-order valence-corrected chi connectivity index (χ3v) is 3.04. The number of carboxylic acids is 2. The van der Waals surface area contributed by atoms with E-state index in [0.29, 0.717) is 5.75 Å². The summed E-state index contributed by atoms with van der Waals surface area (Å²) in [6.45, 7) is -0.463. The molecule has 0 bridgehead atoms. The molecule has 0 saturated carbocycles. The Balaban J connectivity index is 4.20. The zero-order valence-corrected chi connectivity index (χ0v) is 12.3. The fraction of sp³-hybridized carbons (Fsp3) is 0.636. The van der Waals surface area contributed by atoms with E-state index in [1.165, 1.54) is 11.8 Å². The Morgan fingerprint density at radius 1 is 1.24 bits per heavy atom. The van der Waals surface area contributed by atoms with Gasteiger partial charge in [0.05, 0.1) is 19.0 Å². The summed E-state index contributed by atoms with van der Waals surface area (Å²) in [5, 5.41) is 21.8. The van der Waals surface area contributed by atoms with E-state index in [1.54, 1.807) is 0 Å². The molecule has 120 valence electrons. The molecule has 0 fully saturated rings. The van der Waals surface area contributed by atoms with Crippen molar-refractivity contribution in [2.24, 2.45) is 5.73 Å². The van der Waals surface area contributed by atoms with Gasteiger partial charge >= 0.3 is 11.9 Å². The predicted octanol–water partition coefficient (Wildman–Crippen LogP) is -1.77. The third kappa shape index (κ3) is 8.87. The van der Waals surface area contributed by atoms with Crippen LogP contribution in [0.4, 0.5) is 0 Å². The number of thioether (sulfide) groups is 1. The highest BCUT2D eigenvalue weighted by Crippen LogP contribution is 2.00. The van der Waals surface area contributed by atoms with Gasteiger partial charge in [0.2, 0.25) is 11.8 Å². The number of carboxylic acid groups (broad SMARTS) is 2. The maximum Gasteiger partial charge on any atom is 0.326 e. The highest BCUT2D eigenvalue weighted by atomic mass is 32.2. The Morgan fingerprint density at radius 2 is 1.86 bits per heavy atom. The monoisotopic (exact) mass is 321 g/mol. The number of carbonyl (C=O) groups excluding carboxylic acids is 2. The second-order valence-electron chi connectivity index (χ2n) is 4.16. The molecule has 6 N–H and O–H groups in total. The van der Waals surface area contributed by atoms with Gasteiger partial charge in [0.25, 0.3) is 0 Å². The minimum Gasteiger partial charge on any atom is -0.481 e. The lowest BCUT2D eigenvalue weighted by Crippen LogP contribution is -2.49. The lowest BCUT2D eigenvalue weighted by Gasteiger charge is -2.15. The molecule has 9 nitrogen and oxygen atoms in total. The molecule has 0 rings (SSSR count). The Morgan fingerprint density at radius 3 is 2.33 bits per heavy atom. The molecule has 10 heteroatoms. The van der Waals surface area contributed by atoms with Crippen molar-refractivity contribution in [3.8, 4) is 0 Å². The smallest absolute Gasteiger partial charge is 0.326 e. The molecule has 0 aromatic rings. The summed E-state index contributed by atoms with van der Waals surface area (Å²) >= 11 is 1.45. The first-order chi connectivity index (χ1) is 9.77. The summed E-state index contributed by atoms with van der Waals surface area (Å²) in [5.74, 6) is -3.30. The predicted molar refractivity (Wildman–Crippen MR) is 75.8 cm³/mol. The van der Waals surface area contributed by atoms with Crippen LogP contribution >= 0.6 is 11.8 Å². The van der Waals surface area contributed by atoms with Crippen LogP contribution in [-0.2, 0) is 19.2 Å². The maximum absolute atomic E-state index is 11.5. The van der Waals surface area contributed by atoms with Crippen molar-refractivity contribution < 1.29 is 29.4 Å². The Hall–Kier alpha value is -1.81. The first kappa shape index (κ1) is 19.2. The lowest BCUT2D eigenvalue weighted by atomic mass is 10.2. The highest BCUT2D eigenvalue weighted by molar-refractivity contribution is 7.98. The van der Waals surface area contributed by atoms with Crippen molar-refractivity contribution in [2.45, 2.75) is 24.9 Å². The van der Waals surface area contributed by atoms with Crippen molar-refractivity contribution in [1.29, 1.82) is 0 Å². The van der Waals surface area contributed by atoms with Gasteiger partial charge in [-0.2, -0.15) is 11.8 Å². The molecule has 0 radical (unpaired) electrons. The van der Waals surface area contributed by atoms with Gasteiger partial charge in [0.15, 0.2) is 0 Å². The molecule has 0 spiro atoms. The molecule has 0 saturated heterocycles. The summed E-state index contributed by atoms with van der Waals surface area (Å²) in [6, 6.07) is -2.29. The fourth-order valence-electron chi connectivity index (χ4n) is 1.32. The first-order valence-corrected chi connectivity index (χ1v) is 7.43. The van der Waals surface area contributed by atoms with Gasteiger partial charge in [0.1, 0.15) is 6.04 Å². The Bertz CT molecular complexity index is 403. The largest absolute Gasteiger partial charge is 0.481 e. The molecule has 0 aromatic heterocycles. The number of carbonyl (C=O) groups is 4. The van der Waals surface area contributed by atoms with Crippen LogP contribution in [0.2, 0.25) is 0 Å². The minimum atomic E-state index is -1.26. The van der Waals surface area contributed by atoms with Gasteiger partial charge in [0, 0.05) is 0 Å². The lowest BCUT2D eigenvalue weighted by molar-refractivity contribution is -0.142. The van der Waals surface area contributed by atoms with Gasteiger partial charge in [-0.3, -0.25) is 14.4 Å². The van der Waals surface area contributed by atoms with E-state index in [9.17, 15) is 19.2 Å². The number of rotatable bonds is 10. The first-order valence-electron chi connectivity index (χ1n) is 6.04. The molecular weight excluding hydrogens is 302 g/mol. The average molecular weight is 321 g/mol. The molecule has 21 heavy (non-hydrogen) atoms. The summed E-state index contributed by atoms with van der Waals surface area (Å²) < 4.78 is 0. The van der Waals surface area contributed by atoms with Crippen molar-refractivity contribution in [1.82, 2.24) is 10.6 Å². The number of hydrogen-bond acceptors (Lipinski definition) is 6. The van der Waals surface area contributed by atoms with Crippen LogP contribution in [0, 0.1) is 0 Å². The normalized spacial score (nSPS) is 13.0. The van der Waals surface area contributed by atoms with Crippen LogP contribution in [0.3, 0.4) is 0 Å². The van der Waals surface area contributed by atoms with E-state index >= 15 is 0 Å². The van der Waals surface area contributed by atoms with E-state index in [4.69, 9.17) is 15.9 Å². The Labute approximate surface area is 125 Å². The number of aliphatic carboxylic acids is 2. The number of nitrogens with two attached hydrogens (primary N) is 1. The van der Waals surface area contributed by atoms with Crippen LogP contribution in [-0.4, -0.2) is 64.6 Å². The fourth-order valence-corrected chi connectivity index (χ4v) is 1.79. The number of nitrogens with one attached hydrogen (secondary N) is 2. The second-order valence-corrected chi connectivity index (χ2v) is 5.15. The standard InChI is InChI=1S/C11H19N3O6S/c1-21-3-2-7(11(19)20)14-8(15)5-13-10(18)6(12)4-9(16)17/h6-7H,2-5,12H2,1H3,(H,13,18)(H,14,15)(H,16,17)(H,19,20). The summed E-state index contributed by atoms with van der Waals surface area (Å²) in [4.78, 5) is 44.2. The zero-order valence-electron chi connectivity index (χ0n) is 11.5. The summed E-state index contributed by atoms with van der Waals surface area (Å²) in [6.07, 6.45) is 1.51. The van der Waals surface area contributed by atoms with E-state index in [-0.39, 0.29) is 6.42 Å².